The van der Waals surface area contributed by atoms with Crippen LogP contribution in [0.2, 0.25) is 0 Å². The lowest BCUT2D eigenvalue weighted by Crippen LogP contribution is -2.30. The first kappa shape index (κ1) is 16.2. The summed E-state index contributed by atoms with van der Waals surface area (Å²) in [4.78, 5) is 2.19. The van der Waals surface area contributed by atoms with Crippen LogP contribution in [-0.4, -0.2) is 30.8 Å². The van der Waals surface area contributed by atoms with Crippen LogP contribution >= 0.6 is 0 Å². The summed E-state index contributed by atoms with van der Waals surface area (Å²) in [6, 6.07) is 9.23. The molecule has 2 rings (SSSR count). The van der Waals surface area contributed by atoms with Crippen LogP contribution in [0.4, 0.5) is 11.4 Å². The molecule has 1 fully saturated rings. The normalized spacial score (nSPS) is 18.5. The van der Waals surface area contributed by atoms with E-state index in [1.807, 2.05) is 0 Å². The molecule has 0 aliphatic heterocycles. The van der Waals surface area contributed by atoms with Crippen molar-refractivity contribution in [2.75, 3.05) is 29.9 Å². The van der Waals surface area contributed by atoms with E-state index in [2.05, 4.69) is 55.3 Å². The minimum Gasteiger partial charge on any atom is -0.395 e. The molecule has 1 aromatic carbocycles. The third-order valence-electron chi connectivity index (χ3n) is 4.69. The molecule has 1 aliphatic rings. The lowest BCUT2D eigenvalue weighted by molar-refractivity contribution is 0.232. The van der Waals surface area contributed by atoms with E-state index in [-0.39, 0.29) is 6.61 Å². The summed E-state index contributed by atoms with van der Waals surface area (Å²) in [7, 11) is 0. The Labute approximate surface area is 129 Å². The molecule has 0 unspecified atom stereocenters. The molecule has 1 aliphatic carbocycles. The highest BCUT2D eigenvalue weighted by molar-refractivity contribution is 5.55. The van der Waals surface area contributed by atoms with Gasteiger partial charge in [0.05, 0.1) is 6.61 Å². The van der Waals surface area contributed by atoms with Crippen molar-refractivity contribution < 1.29 is 5.11 Å². The summed E-state index contributed by atoms with van der Waals surface area (Å²) < 4.78 is 0. The number of nitrogens with zero attached hydrogens (tertiary/aromatic N) is 1. The average molecular weight is 290 g/mol. The molecule has 3 heteroatoms. The molecule has 1 aromatic rings. The van der Waals surface area contributed by atoms with Crippen LogP contribution < -0.4 is 10.2 Å². The van der Waals surface area contributed by atoms with Crippen molar-refractivity contribution in [2.24, 2.45) is 5.41 Å². The molecule has 0 spiro atoms. The molecule has 0 amide bonds. The van der Waals surface area contributed by atoms with Gasteiger partial charge in [-0.2, -0.15) is 0 Å². The molecule has 21 heavy (non-hydrogen) atoms. The average Bonchev–Trinajstić information content (AvgIpc) is 2.48. The summed E-state index contributed by atoms with van der Waals surface area (Å²) in [5, 5.41) is 12.8. The van der Waals surface area contributed by atoms with E-state index < -0.39 is 0 Å². The summed E-state index contributed by atoms with van der Waals surface area (Å²) in [5.74, 6) is 0. The van der Waals surface area contributed by atoms with Crippen molar-refractivity contribution in [3.63, 3.8) is 0 Å². The fraction of sp³-hybridized carbons (Fsp3) is 0.667. The van der Waals surface area contributed by atoms with E-state index in [1.165, 1.54) is 37.1 Å². The summed E-state index contributed by atoms with van der Waals surface area (Å²) in [6.07, 6.45) is 5.15. The van der Waals surface area contributed by atoms with E-state index in [4.69, 9.17) is 5.11 Å². The van der Waals surface area contributed by atoms with E-state index in [1.54, 1.807) is 0 Å². The maximum Gasteiger partial charge on any atom is 0.0606 e. The van der Waals surface area contributed by atoms with E-state index in [9.17, 15) is 0 Å². The number of likely N-dealkylation sites (N-methyl/N-ethyl adjacent to an activating group) is 1. The van der Waals surface area contributed by atoms with Gasteiger partial charge in [-0.15, -0.1) is 0 Å². The zero-order valence-electron chi connectivity index (χ0n) is 13.7. The minimum absolute atomic E-state index is 0.200. The first-order valence-corrected chi connectivity index (χ1v) is 8.26. The molecular formula is C18H30N2O. The maximum atomic E-state index is 9.09. The van der Waals surface area contributed by atoms with E-state index in [0.29, 0.717) is 18.0 Å². The Hall–Kier alpha value is -1.22. The van der Waals surface area contributed by atoms with Gasteiger partial charge in [-0.05, 0) is 62.3 Å². The fourth-order valence-corrected chi connectivity index (χ4v) is 3.14. The minimum atomic E-state index is 0.200. The van der Waals surface area contributed by atoms with Crippen LogP contribution in [0.25, 0.3) is 0 Å². The van der Waals surface area contributed by atoms with Gasteiger partial charge in [-0.3, -0.25) is 0 Å². The maximum absolute atomic E-state index is 9.09. The van der Waals surface area contributed by atoms with Gasteiger partial charge in [0.15, 0.2) is 0 Å². The number of nitrogens with one attached hydrogen (secondary N) is 1. The number of benzene rings is 1. The highest BCUT2D eigenvalue weighted by Gasteiger charge is 2.26. The topological polar surface area (TPSA) is 35.5 Å². The molecule has 0 bridgehead atoms. The van der Waals surface area contributed by atoms with Gasteiger partial charge in [0.2, 0.25) is 0 Å². The Bertz CT molecular complexity index is 417. The zero-order chi connectivity index (χ0) is 15.3. The molecular weight excluding hydrogens is 260 g/mol. The van der Waals surface area contributed by atoms with Gasteiger partial charge < -0.3 is 15.3 Å². The number of aliphatic hydroxyl groups is 1. The molecule has 3 nitrogen and oxygen atoms in total. The van der Waals surface area contributed by atoms with Crippen LogP contribution in [0.5, 0.6) is 0 Å². The molecule has 0 heterocycles. The van der Waals surface area contributed by atoms with Crippen LogP contribution in [0, 0.1) is 5.41 Å². The van der Waals surface area contributed by atoms with Crippen LogP contribution in [0.3, 0.4) is 0 Å². The second kappa shape index (κ2) is 7.17. The molecule has 0 radical (unpaired) electrons. The number of anilines is 2. The van der Waals surface area contributed by atoms with Crippen LogP contribution in [0.15, 0.2) is 24.3 Å². The van der Waals surface area contributed by atoms with E-state index in [0.717, 1.165) is 6.54 Å². The van der Waals surface area contributed by atoms with E-state index >= 15 is 0 Å². The smallest absolute Gasteiger partial charge is 0.0606 e. The second-order valence-corrected chi connectivity index (χ2v) is 6.93. The number of rotatable bonds is 6. The molecule has 0 atom stereocenters. The molecule has 1 saturated carbocycles. The van der Waals surface area contributed by atoms with Gasteiger partial charge in [-0.1, -0.05) is 13.8 Å². The van der Waals surface area contributed by atoms with Crippen LogP contribution in [-0.2, 0) is 0 Å². The third kappa shape index (κ3) is 4.63. The molecule has 118 valence electrons. The highest BCUT2D eigenvalue weighted by atomic mass is 16.3. The van der Waals surface area contributed by atoms with Gasteiger partial charge in [-0.25, -0.2) is 0 Å². The van der Waals surface area contributed by atoms with Crippen molar-refractivity contribution >= 4 is 11.4 Å². The first-order valence-electron chi connectivity index (χ1n) is 8.26. The van der Waals surface area contributed by atoms with Crippen molar-refractivity contribution in [3.05, 3.63) is 24.3 Å². The Morgan fingerprint density at radius 3 is 2.33 bits per heavy atom. The summed E-state index contributed by atoms with van der Waals surface area (Å²) in [6.45, 7) is 8.68. The third-order valence-corrected chi connectivity index (χ3v) is 4.69. The van der Waals surface area contributed by atoms with Crippen molar-refractivity contribution in [1.82, 2.24) is 0 Å². The first-order chi connectivity index (χ1) is 10.0. The number of hydrogen-bond donors (Lipinski definition) is 2. The Morgan fingerprint density at radius 2 is 1.81 bits per heavy atom. The second-order valence-electron chi connectivity index (χ2n) is 6.93. The van der Waals surface area contributed by atoms with Gasteiger partial charge in [0.1, 0.15) is 0 Å². The standard InChI is InChI=1S/C18H30N2O/c1-4-20(13-14-21)17-7-5-15(6-8-17)19-16-9-11-18(2,3)12-10-16/h5-8,16,19,21H,4,9-14H2,1-3H3. The highest BCUT2D eigenvalue weighted by Crippen LogP contribution is 2.36. The SMILES string of the molecule is CCN(CCO)c1ccc(NC2CCC(C)(C)CC2)cc1. The fourth-order valence-electron chi connectivity index (χ4n) is 3.14. The van der Waals surface area contributed by atoms with Gasteiger partial charge in [0, 0.05) is 30.5 Å². The van der Waals surface area contributed by atoms with Crippen molar-refractivity contribution in [3.8, 4) is 0 Å². The monoisotopic (exact) mass is 290 g/mol. The lowest BCUT2D eigenvalue weighted by Gasteiger charge is -2.35. The van der Waals surface area contributed by atoms with Gasteiger partial charge >= 0.3 is 0 Å². The largest absolute Gasteiger partial charge is 0.395 e. The molecule has 2 N–H and O–H groups in total. The summed E-state index contributed by atoms with van der Waals surface area (Å²) >= 11 is 0. The van der Waals surface area contributed by atoms with Gasteiger partial charge in [0.25, 0.3) is 0 Å². The Morgan fingerprint density at radius 1 is 1.19 bits per heavy atom. The van der Waals surface area contributed by atoms with Crippen LogP contribution in [0.1, 0.15) is 46.5 Å². The predicted octanol–water partition coefficient (Wildman–Crippen LogP) is 3.89. The predicted molar refractivity (Wildman–Crippen MR) is 91.1 cm³/mol. The quantitative estimate of drug-likeness (QED) is 0.834. The lowest BCUT2D eigenvalue weighted by atomic mass is 9.75. The number of aliphatic hydroxyl groups excluding tert-OH is 1. The number of hydrogen-bond acceptors (Lipinski definition) is 3. The Balaban J connectivity index is 1.90. The zero-order valence-corrected chi connectivity index (χ0v) is 13.7. The van der Waals surface area contributed by atoms with Crippen molar-refractivity contribution in [2.45, 2.75) is 52.5 Å². The summed E-state index contributed by atoms with van der Waals surface area (Å²) in [5.41, 5.74) is 2.92. The molecule has 0 aromatic heterocycles. The Kier molecular flexibility index (Phi) is 5.51. The molecule has 0 saturated heterocycles. The van der Waals surface area contributed by atoms with Crippen molar-refractivity contribution in [1.29, 1.82) is 0 Å².